The third-order valence-corrected chi connectivity index (χ3v) is 3.18. The van der Waals surface area contributed by atoms with Crippen LogP contribution in [0.2, 0.25) is 0 Å². The molecule has 2 aliphatic carbocycles. The Morgan fingerprint density at radius 1 is 1.75 bits per heavy atom. The van der Waals surface area contributed by atoms with E-state index in [1.54, 1.807) is 0 Å². The molecule has 2 nitrogen and oxygen atoms in total. The van der Waals surface area contributed by atoms with Gasteiger partial charge in [-0.15, -0.1) is 0 Å². The van der Waals surface area contributed by atoms with Crippen LogP contribution in [0.3, 0.4) is 0 Å². The van der Waals surface area contributed by atoms with Crippen molar-refractivity contribution < 1.29 is 0 Å². The fourth-order valence-electron chi connectivity index (χ4n) is 1.84. The van der Waals surface area contributed by atoms with E-state index in [-0.39, 0.29) is 5.54 Å². The van der Waals surface area contributed by atoms with Crippen molar-refractivity contribution in [2.75, 3.05) is 6.54 Å². The molecule has 4 N–H and O–H groups in total. The molecule has 0 amide bonds. The van der Waals surface area contributed by atoms with Crippen LogP contribution < -0.4 is 11.5 Å². The Bertz CT molecular complexity index is 145. The molecule has 0 bridgehead atoms. The van der Waals surface area contributed by atoms with Crippen molar-refractivity contribution in [3.63, 3.8) is 0 Å². The molecule has 8 heavy (non-hydrogen) atoms. The maximum absolute atomic E-state index is 5.85. The van der Waals surface area contributed by atoms with Gasteiger partial charge in [0.1, 0.15) is 0 Å². The lowest BCUT2D eigenvalue weighted by molar-refractivity contribution is 0.393. The Morgan fingerprint density at radius 2 is 2.25 bits per heavy atom. The summed E-state index contributed by atoms with van der Waals surface area (Å²) in [5.41, 5.74) is 11.9. The second-order valence-electron chi connectivity index (χ2n) is 3.42. The molecule has 0 heterocycles. The van der Waals surface area contributed by atoms with Gasteiger partial charge in [-0.05, 0) is 18.9 Å². The zero-order chi connectivity index (χ0) is 5.99. The van der Waals surface area contributed by atoms with Crippen LogP contribution in [-0.2, 0) is 0 Å². The summed E-state index contributed by atoms with van der Waals surface area (Å²) in [4.78, 5) is 0. The topological polar surface area (TPSA) is 52.0 Å². The lowest BCUT2D eigenvalue weighted by Crippen LogP contribution is -2.31. The first-order chi connectivity index (χ1) is 3.65. The SMILES string of the molecule is C[C@@]1(CN)C2CC21N. The molecule has 2 rings (SSSR count). The van der Waals surface area contributed by atoms with E-state index in [4.69, 9.17) is 11.5 Å². The highest BCUT2D eigenvalue weighted by Crippen LogP contribution is 2.78. The van der Waals surface area contributed by atoms with E-state index in [1.165, 1.54) is 6.42 Å². The average Bonchev–Trinajstić information content (AvgIpc) is 2.52. The zero-order valence-corrected chi connectivity index (χ0v) is 5.15. The Kier molecular flexibility index (Phi) is 0.505. The first kappa shape index (κ1) is 4.77. The van der Waals surface area contributed by atoms with Crippen LogP contribution in [0.25, 0.3) is 0 Å². The number of rotatable bonds is 1. The monoisotopic (exact) mass is 112 g/mol. The molecule has 2 aliphatic rings. The fraction of sp³-hybridized carbons (Fsp3) is 1.00. The van der Waals surface area contributed by atoms with Crippen molar-refractivity contribution in [2.45, 2.75) is 18.9 Å². The van der Waals surface area contributed by atoms with Crippen molar-refractivity contribution in [2.24, 2.45) is 22.8 Å². The maximum Gasteiger partial charge on any atom is 0.0263 e. The molecular formula is C6H12N2. The summed E-state index contributed by atoms with van der Waals surface area (Å²) in [5, 5.41) is 0. The molecule has 0 saturated heterocycles. The van der Waals surface area contributed by atoms with Crippen LogP contribution in [-0.4, -0.2) is 12.1 Å². The van der Waals surface area contributed by atoms with Crippen LogP contribution in [0, 0.1) is 11.3 Å². The summed E-state index contributed by atoms with van der Waals surface area (Å²) >= 11 is 0. The molecule has 2 unspecified atom stereocenters. The summed E-state index contributed by atoms with van der Waals surface area (Å²) in [5.74, 6) is 0.778. The molecule has 0 aromatic rings. The van der Waals surface area contributed by atoms with Crippen LogP contribution in [0.1, 0.15) is 13.3 Å². The summed E-state index contributed by atoms with van der Waals surface area (Å²) in [7, 11) is 0. The minimum Gasteiger partial charge on any atom is -0.330 e. The highest BCUT2D eigenvalue weighted by atomic mass is 15.1. The highest BCUT2D eigenvalue weighted by molar-refractivity contribution is 5.39. The summed E-state index contributed by atoms with van der Waals surface area (Å²) in [6.45, 7) is 2.95. The molecule has 0 radical (unpaired) electrons. The summed E-state index contributed by atoms with van der Waals surface area (Å²) in [6.07, 6.45) is 1.22. The van der Waals surface area contributed by atoms with Gasteiger partial charge in [-0.2, -0.15) is 0 Å². The largest absolute Gasteiger partial charge is 0.330 e. The Morgan fingerprint density at radius 3 is 2.25 bits per heavy atom. The van der Waals surface area contributed by atoms with Gasteiger partial charge in [-0.1, -0.05) is 6.92 Å². The van der Waals surface area contributed by atoms with Gasteiger partial charge in [0.05, 0.1) is 0 Å². The standard InChI is InChI=1S/C6H12N2/c1-5(3-7)4-2-6(4,5)8/h4H,2-3,7-8H2,1H3/t4?,5-,6?/m1/s1. The van der Waals surface area contributed by atoms with E-state index in [2.05, 4.69) is 6.92 Å². The third kappa shape index (κ3) is 0.231. The van der Waals surface area contributed by atoms with Crippen molar-refractivity contribution >= 4 is 0 Å². The third-order valence-electron chi connectivity index (χ3n) is 3.18. The predicted molar refractivity (Wildman–Crippen MR) is 32.2 cm³/mol. The Balaban J connectivity index is 2.15. The molecule has 46 valence electrons. The van der Waals surface area contributed by atoms with E-state index in [0.29, 0.717) is 5.41 Å². The van der Waals surface area contributed by atoms with E-state index in [1.807, 2.05) is 0 Å². The van der Waals surface area contributed by atoms with E-state index < -0.39 is 0 Å². The fourth-order valence-corrected chi connectivity index (χ4v) is 1.84. The first-order valence-corrected chi connectivity index (χ1v) is 3.14. The highest BCUT2D eigenvalue weighted by Gasteiger charge is 2.83. The minimum absolute atomic E-state index is 0.196. The van der Waals surface area contributed by atoms with Crippen molar-refractivity contribution in [1.29, 1.82) is 0 Å². The Hall–Kier alpha value is -0.0800. The molecule has 2 saturated carbocycles. The van der Waals surface area contributed by atoms with Crippen LogP contribution >= 0.6 is 0 Å². The number of nitrogens with two attached hydrogens (primary N) is 2. The second-order valence-corrected chi connectivity index (χ2v) is 3.42. The van der Waals surface area contributed by atoms with Crippen molar-refractivity contribution in [1.82, 2.24) is 0 Å². The Labute approximate surface area is 49.2 Å². The van der Waals surface area contributed by atoms with Crippen LogP contribution in [0.4, 0.5) is 0 Å². The molecule has 0 aromatic carbocycles. The maximum atomic E-state index is 5.85. The van der Waals surface area contributed by atoms with Gasteiger partial charge >= 0.3 is 0 Å². The number of fused-ring (bicyclic) bond motifs is 1. The molecule has 3 atom stereocenters. The molecule has 2 fully saturated rings. The number of hydrogen-bond acceptors (Lipinski definition) is 2. The van der Waals surface area contributed by atoms with E-state index >= 15 is 0 Å². The van der Waals surface area contributed by atoms with Gasteiger partial charge in [0.15, 0.2) is 0 Å². The van der Waals surface area contributed by atoms with Gasteiger partial charge in [0, 0.05) is 11.0 Å². The summed E-state index contributed by atoms with van der Waals surface area (Å²) < 4.78 is 0. The van der Waals surface area contributed by atoms with E-state index in [9.17, 15) is 0 Å². The lowest BCUT2D eigenvalue weighted by atomic mass is 9.95. The van der Waals surface area contributed by atoms with E-state index in [0.717, 1.165) is 12.5 Å². The first-order valence-electron chi connectivity index (χ1n) is 3.14. The van der Waals surface area contributed by atoms with Crippen LogP contribution in [0.5, 0.6) is 0 Å². The van der Waals surface area contributed by atoms with Gasteiger partial charge in [-0.25, -0.2) is 0 Å². The van der Waals surface area contributed by atoms with Gasteiger partial charge in [0.25, 0.3) is 0 Å². The van der Waals surface area contributed by atoms with Crippen LogP contribution in [0.15, 0.2) is 0 Å². The minimum atomic E-state index is 0.196. The van der Waals surface area contributed by atoms with Gasteiger partial charge in [-0.3, -0.25) is 0 Å². The van der Waals surface area contributed by atoms with Gasteiger partial charge < -0.3 is 11.5 Å². The second kappa shape index (κ2) is 0.847. The van der Waals surface area contributed by atoms with Gasteiger partial charge in [0.2, 0.25) is 0 Å². The molecule has 0 aromatic heterocycles. The smallest absolute Gasteiger partial charge is 0.0263 e. The molecule has 0 aliphatic heterocycles. The van der Waals surface area contributed by atoms with Crippen molar-refractivity contribution in [3.8, 4) is 0 Å². The molecular weight excluding hydrogens is 100 g/mol. The molecule has 0 spiro atoms. The lowest BCUT2D eigenvalue weighted by Gasteiger charge is -2.16. The zero-order valence-electron chi connectivity index (χ0n) is 5.15. The molecule has 2 heteroatoms. The average molecular weight is 112 g/mol. The predicted octanol–water partition coefficient (Wildman–Crippen LogP) is -0.318. The van der Waals surface area contributed by atoms with Crippen molar-refractivity contribution in [3.05, 3.63) is 0 Å². The normalized spacial score (nSPS) is 67.1. The summed E-state index contributed by atoms with van der Waals surface area (Å²) in [6, 6.07) is 0. The quantitative estimate of drug-likeness (QED) is 0.488. The number of hydrogen-bond donors (Lipinski definition) is 2.